The molecule has 2 amide bonds. The van der Waals surface area contributed by atoms with E-state index in [1.807, 2.05) is 0 Å². The molecule has 7 heteroatoms. The summed E-state index contributed by atoms with van der Waals surface area (Å²) in [6.45, 7) is 0. The molecule has 20 heavy (non-hydrogen) atoms. The molecular formula is C13H12F2N2O3. The van der Waals surface area contributed by atoms with Crippen LogP contribution in [-0.4, -0.2) is 31.1 Å². The highest BCUT2D eigenvalue weighted by Crippen LogP contribution is 2.27. The Morgan fingerprint density at radius 1 is 1.35 bits per heavy atom. The summed E-state index contributed by atoms with van der Waals surface area (Å²) in [7, 11) is 2.65. The fourth-order valence-corrected chi connectivity index (χ4v) is 1.89. The minimum atomic E-state index is -1.06. The number of benzene rings is 1. The maximum Gasteiger partial charge on any atom is 0.337 e. The van der Waals surface area contributed by atoms with Gasteiger partial charge in [0.2, 0.25) is 0 Å². The van der Waals surface area contributed by atoms with Gasteiger partial charge in [-0.05, 0) is 17.7 Å². The minimum Gasteiger partial charge on any atom is -0.466 e. The molecule has 1 atom stereocenters. The molecule has 1 aliphatic rings. The number of methoxy groups -OCH3 is 1. The molecule has 0 aliphatic carbocycles. The average Bonchev–Trinajstić information content (AvgIpc) is 2.43. The summed E-state index contributed by atoms with van der Waals surface area (Å²) in [5, 5.41) is 2.52. The molecule has 1 aliphatic heterocycles. The summed E-state index contributed by atoms with van der Waals surface area (Å²) in [6.07, 6.45) is 1.30. The van der Waals surface area contributed by atoms with E-state index in [4.69, 9.17) is 0 Å². The van der Waals surface area contributed by atoms with E-state index >= 15 is 0 Å². The van der Waals surface area contributed by atoms with Gasteiger partial charge in [0.05, 0.1) is 18.7 Å². The zero-order chi connectivity index (χ0) is 14.9. The van der Waals surface area contributed by atoms with Gasteiger partial charge in [-0.15, -0.1) is 0 Å². The molecule has 0 aromatic heterocycles. The van der Waals surface area contributed by atoms with Gasteiger partial charge in [0.1, 0.15) is 0 Å². The van der Waals surface area contributed by atoms with Gasteiger partial charge in [-0.2, -0.15) is 0 Å². The van der Waals surface area contributed by atoms with Crippen LogP contribution in [0.5, 0.6) is 0 Å². The summed E-state index contributed by atoms with van der Waals surface area (Å²) >= 11 is 0. The van der Waals surface area contributed by atoms with Gasteiger partial charge in [0.15, 0.2) is 11.6 Å². The fourth-order valence-electron chi connectivity index (χ4n) is 1.89. The Bertz CT molecular complexity index is 601. The molecule has 1 N–H and O–H groups in total. The largest absolute Gasteiger partial charge is 0.466 e. The van der Waals surface area contributed by atoms with E-state index in [1.165, 1.54) is 31.3 Å². The van der Waals surface area contributed by atoms with Crippen LogP contribution >= 0.6 is 0 Å². The van der Waals surface area contributed by atoms with Crippen LogP contribution in [0.1, 0.15) is 11.6 Å². The molecule has 1 heterocycles. The van der Waals surface area contributed by atoms with Crippen LogP contribution in [0.4, 0.5) is 13.6 Å². The number of hydrogen-bond donors (Lipinski definition) is 1. The highest BCUT2D eigenvalue weighted by molar-refractivity contribution is 5.93. The number of esters is 1. The standard InChI is InChI=1S/C13H12F2N2O3/c1-17-6-8(12(18)20-2)11(16-13(17)19)7-3-4-9(14)10(15)5-7/h3-6,11H,1-2H3,(H,16,19). The van der Waals surface area contributed by atoms with Gasteiger partial charge in [-0.1, -0.05) is 6.07 Å². The molecule has 0 fully saturated rings. The summed E-state index contributed by atoms with van der Waals surface area (Å²) in [4.78, 5) is 24.5. The Kier molecular flexibility index (Phi) is 3.69. The van der Waals surface area contributed by atoms with Crippen molar-refractivity contribution in [1.82, 2.24) is 10.2 Å². The Balaban J connectivity index is 2.46. The van der Waals surface area contributed by atoms with E-state index in [9.17, 15) is 18.4 Å². The molecule has 106 valence electrons. The highest BCUT2D eigenvalue weighted by Gasteiger charge is 2.31. The number of nitrogens with zero attached hydrogens (tertiary/aromatic N) is 1. The lowest BCUT2D eigenvalue weighted by Gasteiger charge is -2.29. The topological polar surface area (TPSA) is 58.6 Å². The van der Waals surface area contributed by atoms with E-state index < -0.39 is 29.7 Å². The second kappa shape index (κ2) is 5.28. The molecule has 1 aromatic rings. The second-order valence-electron chi connectivity index (χ2n) is 4.24. The summed E-state index contributed by atoms with van der Waals surface area (Å²) in [6, 6.07) is 1.81. The van der Waals surface area contributed by atoms with E-state index in [0.717, 1.165) is 12.1 Å². The molecule has 0 saturated carbocycles. The smallest absolute Gasteiger partial charge is 0.337 e. The Labute approximate surface area is 113 Å². The van der Waals surface area contributed by atoms with Gasteiger partial charge in [-0.25, -0.2) is 18.4 Å². The van der Waals surface area contributed by atoms with Crippen molar-refractivity contribution in [2.24, 2.45) is 0 Å². The average molecular weight is 282 g/mol. The molecule has 1 unspecified atom stereocenters. The molecule has 2 rings (SSSR count). The zero-order valence-corrected chi connectivity index (χ0v) is 10.8. The van der Waals surface area contributed by atoms with Crippen LogP contribution < -0.4 is 5.32 Å². The van der Waals surface area contributed by atoms with Crippen LogP contribution in [0.25, 0.3) is 0 Å². The quantitative estimate of drug-likeness (QED) is 0.840. The third kappa shape index (κ3) is 2.47. The first-order valence-corrected chi connectivity index (χ1v) is 5.72. The predicted molar refractivity (Wildman–Crippen MR) is 65.5 cm³/mol. The summed E-state index contributed by atoms with van der Waals surface area (Å²) in [5.41, 5.74) is 0.377. The maximum atomic E-state index is 13.3. The van der Waals surface area contributed by atoms with E-state index in [2.05, 4.69) is 10.1 Å². The first kappa shape index (κ1) is 14.0. The van der Waals surface area contributed by atoms with E-state index in [0.29, 0.717) is 0 Å². The number of amides is 2. The van der Waals surface area contributed by atoms with Gasteiger partial charge in [0.25, 0.3) is 0 Å². The number of carbonyl (C=O) groups excluding carboxylic acids is 2. The molecular weight excluding hydrogens is 270 g/mol. The van der Waals surface area contributed by atoms with Crippen molar-refractivity contribution in [1.29, 1.82) is 0 Å². The lowest BCUT2D eigenvalue weighted by Crippen LogP contribution is -2.43. The second-order valence-corrected chi connectivity index (χ2v) is 4.24. The monoisotopic (exact) mass is 282 g/mol. The molecule has 1 aromatic carbocycles. The zero-order valence-electron chi connectivity index (χ0n) is 10.8. The number of rotatable bonds is 2. The fraction of sp³-hybridized carbons (Fsp3) is 0.231. The van der Waals surface area contributed by atoms with Gasteiger partial charge in [0, 0.05) is 13.2 Å². The summed E-state index contributed by atoms with van der Waals surface area (Å²) in [5.74, 6) is -2.72. The lowest BCUT2D eigenvalue weighted by atomic mass is 9.97. The van der Waals surface area contributed by atoms with Crippen molar-refractivity contribution >= 4 is 12.0 Å². The van der Waals surface area contributed by atoms with Crippen molar-refractivity contribution in [2.75, 3.05) is 14.2 Å². The number of hydrogen-bond acceptors (Lipinski definition) is 3. The SMILES string of the molecule is COC(=O)C1=CN(C)C(=O)NC1c1ccc(F)c(F)c1. The number of urea groups is 1. The normalized spacial score (nSPS) is 18.4. The molecule has 0 radical (unpaired) electrons. The van der Waals surface area contributed by atoms with Crippen molar-refractivity contribution in [3.8, 4) is 0 Å². The molecule has 0 spiro atoms. The van der Waals surface area contributed by atoms with Crippen LogP contribution in [0.15, 0.2) is 30.0 Å². The first-order valence-electron chi connectivity index (χ1n) is 5.72. The summed E-state index contributed by atoms with van der Waals surface area (Å²) < 4.78 is 30.9. The highest BCUT2D eigenvalue weighted by atomic mass is 19.2. The van der Waals surface area contributed by atoms with Crippen LogP contribution in [0.2, 0.25) is 0 Å². The number of carbonyl (C=O) groups is 2. The van der Waals surface area contributed by atoms with E-state index in [1.54, 1.807) is 0 Å². The van der Waals surface area contributed by atoms with Crippen molar-refractivity contribution in [3.05, 3.63) is 47.2 Å². The third-order valence-corrected chi connectivity index (χ3v) is 2.93. The maximum absolute atomic E-state index is 13.3. The van der Waals surface area contributed by atoms with Crippen molar-refractivity contribution in [3.63, 3.8) is 0 Å². The molecule has 0 saturated heterocycles. The number of halogens is 2. The Hall–Kier alpha value is -2.44. The number of ether oxygens (including phenoxy) is 1. The lowest BCUT2D eigenvalue weighted by molar-refractivity contribution is -0.136. The minimum absolute atomic E-state index is 0.126. The van der Waals surface area contributed by atoms with Crippen molar-refractivity contribution in [2.45, 2.75) is 6.04 Å². The number of nitrogens with one attached hydrogen (secondary N) is 1. The van der Waals surface area contributed by atoms with Crippen molar-refractivity contribution < 1.29 is 23.1 Å². The van der Waals surface area contributed by atoms with Gasteiger partial charge >= 0.3 is 12.0 Å². The van der Waals surface area contributed by atoms with E-state index in [-0.39, 0.29) is 11.1 Å². The van der Waals surface area contributed by atoms with Crippen LogP contribution in [0, 0.1) is 11.6 Å². The first-order chi connectivity index (χ1) is 9.43. The molecule has 0 bridgehead atoms. The Morgan fingerprint density at radius 2 is 2.05 bits per heavy atom. The Morgan fingerprint density at radius 3 is 2.65 bits per heavy atom. The van der Waals surface area contributed by atoms with Crippen LogP contribution in [-0.2, 0) is 9.53 Å². The molecule has 5 nitrogen and oxygen atoms in total. The van der Waals surface area contributed by atoms with Gasteiger partial charge in [-0.3, -0.25) is 0 Å². The predicted octanol–water partition coefficient (Wildman–Crippen LogP) is 1.72. The van der Waals surface area contributed by atoms with Gasteiger partial charge < -0.3 is 15.0 Å². The third-order valence-electron chi connectivity index (χ3n) is 2.93. The van der Waals surface area contributed by atoms with Crippen LogP contribution in [0.3, 0.4) is 0 Å².